The molecule has 0 radical (unpaired) electrons. The van der Waals surface area contributed by atoms with E-state index in [9.17, 15) is 18.0 Å². The number of alkyl halides is 3. The van der Waals surface area contributed by atoms with Crippen molar-refractivity contribution in [3.63, 3.8) is 0 Å². The van der Waals surface area contributed by atoms with E-state index in [2.05, 4.69) is 0 Å². The van der Waals surface area contributed by atoms with E-state index in [0.717, 1.165) is 47.8 Å². The molecular formula is C30H30F3NO2. The minimum absolute atomic E-state index is 0.0400. The zero-order valence-corrected chi connectivity index (χ0v) is 20.5. The van der Waals surface area contributed by atoms with Crippen LogP contribution in [0, 0.1) is 6.92 Å². The van der Waals surface area contributed by atoms with Crippen molar-refractivity contribution in [3.05, 3.63) is 88.5 Å². The van der Waals surface area contributed by atoms with E-state index in [4.69, 9.17) is 4.74 Å². The Morgan fingerprint density at radius 3 is 2.44 bits per heavy atom. The normalized spacial score (nSPS) is 16.9. The molecule has 0 aromatic heterocycles. The van der Waals surface area contributed by atoms with E-state index in [0.29, 0.717) is 17.9 Å². The van der Waals surface area contributed by atoms with Gasteiger partial charge < -0.3 is 9.53 Å². The Labute approximate surface area is 210 Å². The fraction of sp³-hybridized carbons (Fsp3) is 0.300. The number of piperidine rings is 1. The Morgan fingerprint density at radius 2 is 1.75 bits per heavy atom. The molecular weight excluding hydrogens is 463 g/mol. The van der Waals surface area contributed by atoms with Crippen LogP contribution < -0.4 is 4.74 Å². The highest BCUT2D eigenvalue weighted by Gasteiger charge is 2.34. The van der Waals surface area contributed by atoms with Crippen molar-refractivity contribution in [2.45, 2.75) is 44.9 Å². The van der Waals surface area contributed by atoms with Crippen LogP contribution >= 0.6 is 0 Å². The summed E-state index contributed by atoms with van der Waals surface area (Å²) < 4.78 is 47.9. The highest BCUT2D eigenvalue weighted by molar-refractivity contribution is 5.78. The maximum atomic E-state index is 14.1. The molecule has 0 amide bonds. The zero-order valence-electron chi connectivity index (χ0n) is 20.5. The van der Waals surface area contributed by atoms with Gasteiger partial charge in [0.05, 0.1) is 18.7 Å². The van der Waals surface area contributed by atoms with Gasteiger partial charge in [-0.3, -0.25) is 4.90 Å². The smallest absolute Gasteiger partial charge is 0.417 e. The van der Waals surface area contributed by atoms with E-state index in [1.807, 2.05) is 60.4 Å². The third-order valence-corrected chi connectivity index (χ3v) is 6.86. The molecule has 0 bridgehead atoms. The Hall–Kier alpha value is -3.38. The highest BCUT2D eigenvalue weighted by atomic mass is 19.4. The number of nitrogens with zero attached hydrogens (tertiary/aromatic N) is 1. The number of carbonyl (C=O) groups is 1. The first-order chi connectivity index (χ1) is 17.3. The summed E-state index contributed by atoms with van der Waals surface area (Å²) in [4.78, 5) is 13.4. The Morgan fingerprint density at radius 1 is 1.00 bits per heavy atom. The van der Waals surface area contributed by atoms with Gasteiger partial charge >= 0.3 is 6.18 Å². The lowest BCUT2D eigenvalue weighted by atomic mass is 9.95. The number of rotatable bonds is 7. The second-order valence-electron chi connectivity index (χ2n) is 9.14. The van der Waals surface area contributed by atoms with E-state index >= 15 is 0 Å². The molecule has 0 aliphatic carbocycles. The van der Waals surface area contributed by atoms with E-state index in [1.165, 1.54) is 25.3 Å². The van der Waals surface area contributed by atoms with Crippen molar-refractivity contribution in [1.82, 2.24) is 4.90 Å². The molecule has 3 aromatic rings. The van der Waals surface area contributed by atoms with Crippen LogP contribution in [0.5, 0.6) is 5.75 Å². The molecule has 3 aromatic carbocycles. The van der Waals surface area contributed by atoms with Gasteiger partial charge in [-0.05, 0) is 66.3 Å². The molecule has 0 unspecified atom stereocenters. The third kappa shape index (κ3) is 5.71. The summed E-state index contributed by atoms with van der Waals surface area (Å²) in [6.45, 7) is 2.88. The second-order valence-corrected chi connectivity index (χ2v) is 9.14. The quantitative estimate of drug-likeness (QED) is 0.253. The van der Waals surface area contributed by atoms with Crippen molar-refractivity contribution >= 4 is 18.4 Å². The lowest BCUT2D eigenvalue weighted by Gasteiger charge is -2.32. The van der Waals surface area contributed by atoms with Crippen LogP contribution in [0.2, 0.25) is 0 Å². The largest absolute Gasteiger partial charge is 0.496 e. The fourth-order valence-corrected chi connectivity index (χ4v) is 4.87. The Bertz CT molecular complexity index is 1230. The van der Waals surface area contributed by atoms with Crippen LogP contribution in [0.25, 0.3) is 23.3 Å². The second kappa shape index (κ2) is 11.1. The van der Waals surface area contributed by atoms with Gasteiger partial charge in [0, 0.05) is 12.1 Å². The topological polar surface area (TPSA) is 29.5 Å². The van der Waals surface area contributed by atoms with Crippen molar-refractivity contribution in [2.24, 2.45) is 0 Å². The Balaban J connectivity index is 1.71. The summed E-state index contributed by atoms with van der Waals surface area (Å²) in [6.07, 6.45) is 2.16. The number of methoxy groups -OCH3 is 1. The predicted molar refractivity (Wildman–Crippen MR) is 138 cm³/mol. The van der Waals surface area contributed by atoms with Gasteiger partial charge in [-0.2, -0.15) is 13.2 Å². The van der Waals surface area contributed by atoms with Crippen LogP contribution in [-0.4, -0.2) is 30.9 Å². The first-order valence-corrected chi connectivity index (χ1v) is 12.1. The van der Waals surface area contributed by atoms with Gasteiger partial charge in [0.25, 0.3) is 0 Å². The number of likely N-dealkylation sites (tertiary alicyclic amines) is 1. The van der Waals surface area contributed by atoms with E-state index in [-0.39, 0.29) is 18.2 Å². The summed E-state index contributed by atoms with van der Waals surface area (Å²) in [5.41, 5.74) is 3.67. The number of ether oxygens (including phenoxy) is 1. The van der Waals surface area contributed by atoms with Crippen molar-refractivity contribution in [2.75, 3.05) is 13.7 Å². The van der Waals surface area contributed by atoms with Gasteiger partial charge in [-0.15, -0.1) is 0 Å². The van der Waals surface area contributed by atoms with Gasteiger partial charge in [0.1, 0.15) is 12.0 Å². The molecule has 0 N–H and O–H groups in total. The molecule has 0 saturated carbocycles. The molecule has 1 atom stereocenters. The number of carbonyl (C=O) groups excluding carboxylic acids is 1. The lowest BCUT2D eigenvalue weighted by Crippen LogP contribution is -2.40. The number of benzene rings is 3. The average molecular weight is 494 g/mol. The van der Waals surface area contributed by atoms with Crippen LogP contribution in [0.4, 0.5) is 13.2 Å². The summed E-state index contributed by atoms with van der Waals surface area (Å²) in [7, 11) is 1.46. The zero-order chi connectivity index (χ0) is 25.7. The van der Waals surface area contributed by atoms with Gasteiger partial charge in [0.2, 0.25) is 0 Å². The number of hydrogen-bond donors (Lipinski definition) is 0. The molecule has 0 spiro atoms. The predicted octanol–water partition coefficient (Wildman–Crippen LogP) is 7.41. The van der Waals surface area contributed by atoms with Crippen molar-refractivity contribution in [3.8, 4) is 16.9 Å². The molecule has 4 rings (SSSR count). The first kappa shape index (κ1) is 25.7. The third-order valence-electron chi connectivity index (χ3n) is 6.86. The minimum atomic E-state index is -4.53. The number of hydrogen-bond acceptors (Lipinski definition) is 3. The average Bonchev–Trinajstić information content (AvgIpc) is 2.88. The van der Waals surface area contributed by atoms with Crippen LogP contribution in [0.15, 0.2) is 60.7 Å². The van der Waals surface area contributed by atoms with E-state index in [1.54, 1.807) is 6.08 Å². The van der Waals surface area contributed by atoms with E-state index < -0.39 is 11.7 Å². The molecule has 3 nitrogen and oxygen atoms in total. The monoisotopic (exact) mass is 493 g/mol. The SMILES string of the molecule is COc1cc(/C=C/c2cccc(-c3ccccc3)c2C)c(C(F)(F)F)cc1CN1CCCC[C@H]1C=O. The standard InChI is InChI=1S/C30H30F3NO2/c1-21-22(11-8-13-27(21)23-9-4-3-5-10-23)14-15-24-18-29(36-2)25(17-28(24)30(31,32)33)19-34-16-7-6-12-26(34)20-35/h3-5,8-11,13-15,17-18,20,26H,6-7,12,16,19H2,1-2H3/b15-14+/t26-/m0/s1. The van der Waals surface area contributed by atoms with Crippen molar-refractivity contribution < 1.29 is 22.7 Å². The van der Waals surface area contributed by atoms with Gasteiger partial charge in [-0.25, -0.2) is 0 Å². The maximum absolute atomic E-state index is 14.1. The molecule has 6 heteroatoms. The van der Waals surface area contributed by atoms with Crippen LogP contribution in [0.3, 0.4) is 0 Å². The van der Waals surface area contributed by atoms with Crippen molar-refractivity contribution in [1.29, 1.82) is 0 Å². The highest BCUT2D eigenvalue weighted by Crippen LogP contribution is 2.38. The summed E-state index contributed by atoms with van der Waals surface area (Å²) in [5.74, 6) is 0.382. The Kier molecular flexibility index (Phi) is 7.94. The van der Waals surface area contributed by atoms with Gasteiger partial charge in [0.15, 0.2) is 0 Å². The molecule has 1 saturated heterocycles. The molecule has 1 fully saturated rings. The molecule has 1 aliphatic heterocycles. The molecule has 188 valence electrons. The lowest BCUT2D eigenvalue weighted by molar-refractivity contribution is -0.137. The van der Waals surface area contributed by atoms with Gasteiger partial charge in [-0.1, -0.05) is 67.1 Å². The minimum Gasteiger partial charge on any atom is -0.496 e. The summed E-state index contributed by atoms with van der Waals surface area (Å²) >= 11 is 0. The fourth-order valence-electron chi connectivity index (χ4n) is 4.87. The maximum Gasteiger partial charge on any atom is 0.417 e. The molecule has 36 heavy (non-hydrogen) atoms. The molecule has 1 heterocycles. The van der Waals surface area contributed by atoms with Crippen LogP contribution in [0.1, 0.15) is 47.1 Å². The number of halogens is 3. The van der Waals surface area contributed by atoms with Crippen LogP contribution in [-0.2, 0) is 17.5 Å². The molecule has 1 aliphatic rings. The first-order valence-electron chi connectivity index (χ1n) is 12.1. The number of aldehydes is 1. The summed E-state index contributed by atoms with van der Waals surface area (Å²) in [5, 5.41) is 0. The summed E-state index contributed by atoms with van der Waals surface area (Å²) in [6, 6.07) is 18.0.